The van der Waals surface area contributed by atoms with Crippen LogP contribution in [0.4, 0.5) is 5.69 Å². The number of nitrogens with one attached hydrogen (secondary N) is 2. The van der Waals surface area contributed by atoms with Crippen molar-refractivity contribution in [2.45, 2.75) is 76.5 Å². The van der Waals surface area contributed by atoms with Crippen molar-refractivity contribution < 1.29 is 23.1 Å². The number of aryl methyl sites for hydroxylation is 1. The normalized spacial score (nSPS) is 20.2. The standard InChI is InChI=1S/C21H32N2O5S/c1-21(2,3)29(27,28)23-18-13-9-16(10-14-18)20(26)22-17-11-7-15(8-12-17)5-4-6-19(24)25/h7-8,11-12,16,18,23H,4-6,9-10,13-14H2,1-3H3,(H,22,26)(H,24,25). The smallest absolute Gasteiger partial charge is 0.303 e. The lowest BCUT2D eigenvalue weighted by Gasteiger charge is -2.30. The largest absolute Gasteiger partial charge is 0.481 e. The molecule has 2 rings (SSSR count). The number of rotatable bonds is 8. The van der Waals surface area contributed by atoms with Crippen LogP contribution >= 0.6 is 0 Å². The fraction of sp³-hybridized carbons (Fsp3) is 0.619. The number of amides is 1. The molecule has 0 saturated heterocycles. The first-order valence-corrected chi connectivity index (χ1v) is 11.6. The molecular formula is C21H32N2O5S. The van der Waals surface area contributed by atoms with E-state index in [1.54, 1.807) is 20.8 Å². The Hall–Kier alpha value is -1.93. The molecule has 0 bridgehead atoms. The lowest BCUT2D eigenvalue weighted by molar-refractivity contribution is -0.137. The number of carbonyl (C=O) groups excluding carboxylic acids is 1. The number of anilines is 1. The van der Waals surface area contributed by atoms with Gasteiger partial charge in [-0.3, -0.25) is 9.59 Å². The molecule has 1 amide bonds. The lowest BCUT2D eigenvalue weighted by Crippen LogP contribution is -2.46. The summed E-state index contributed by atoms with van der Waals surface area (Å²) >= 11 is 0. The summed E-state index contributed by atoms with van der Waals surface area (Å²) in [6.07, 6.45) is 4.02. The average molecular weight is 425 g/mol. The third-order valence-electron chi connectivity index (χ3n) is 5.30. The highest BCUT2D eigenvalue weighted by molar-refractivity contribution is 7.90. The number of aliphatic carboxylic acids is 1. The van der Waals surface area contributed by atoms with Crippen molar-refractivity contribution in [3.63, 3.8) is 0 Å². The van der Waals surface area contributed by atoms with Gasteiger partial charge < -0.3 is 10.4 Å². The van der Waals surface area contributed by atoms with E-state index in [0.717, 1.165) is 5.56 Å². The van der Waals surface area contributed by atoms with Crippen LogP contribution in [-0.4, -0.2) is 36.2 Å². The van der Waals surface area contributed by atoms with E-state index in [0.29, 0.717) is 44.2 Å². The molecule has 1 saturated carbocycles. The van der Waals surface area contributed by atoms with E-state index in [9.17, 15) is 18.0 Å². The van der Waals surface area contributed by atoms with Crippen molar-refractivity contribution in [3.05, 3.63) is 29.8 Å². The van der Waals surface area contributed by atoms with Crippen LogP contribution in [0.3, 0.4) is 0 Å². The summed E-state index contributed by atoms with van der Waals surface area (Å²) in [5, 5.41) is 11.6. The first-order valence-electron chi connectivity index (χ1n) is 10.1. The van der Waals surface area contributed by atoms with Crippen molar-refractivity contribution in [1.29, 1.82) is 0 Å². The molecule has 0 spiro atoms. The van der Waals surface area contributed by atoms with Gasteiger partial charge in [-0.2, -0.15) is 0 Å². The van der Waals surface area contributed by atoms with Crippen LogP contribution in [0.5, 0.6) is 0 Å². The zero-order valence-corrected chi connectivity index (χ0v) is 18.2. The Labute approximate surface area is 173 Å². The highest BCUT2D eigenvalue weighted by Crippen LogP contribution is 2.27. The monoisotopic (exact) mass is 424 g/mol. The third-order valence-corrected chi connectivity index (χ3v) is 7.56. The summed E-state index contributed by atoms with van der Waals surface area (Å²) in [6, 6.07) is 7.34. The minimum Gasteiger partial charge on any atom is -0.481 e. The number of carbonyl (C=O) groups is 2. The number of carboxylic acid groups (broad SMARTS) is 1. The van der Waals surface area contributed by atoms with Gasteiger partial charge in [-0.1, -0.05) is 12.1 Å². The van der Waals surface area contributed by atoms with Crippen molar-refractivity contribution in [2.24, 2.45) is 5.92 Å². The second-order valence-electron chi connectivity index (χ2n) is 8.72. The molecule has 3 N–H and O–H groups in total. The summed E-state index contributed by atoms with van der Waals surface area (Å²) in [7, 11) is -3.38. The maximum Gasteiger partial charge on any atom is 0.303 e. The molecule has 0 aliphatic heterocycles. The molecule has 0 aromatic heterocycles. The molecule has 0 atom stereocenters. The molecule has 8 heteroatoms. The van der Waals surface area contributed by atoms with Crippen LogP contribution in [0.2, 0.25) is 0 Å². The van der Waals surface area contributed by atoms with Gasteiger partial charge in [-0.05, 0) is 77.0 Å². The summed E-state index contributed by atoms with van der Waals surface area (Å²) in [4.78, 5) is 23.1. The van der Waals surface area contributed by atoms with Crippen molar-refractivity contribution in [1.82, 2.24) is 4.72 Å². The molecular weight excluding hydrogens is 392 g/mol. The fourth-order valence-corrected chi connectivity index (χ4v) is 4.34. The maximum atomic E-state index is 12.5. The Morgan fingerprint density at radius 1 is 1.07 bits per heavy atom. The molecule has 1 aliphatic carbocycles. The van der Waals surface area contributed by atoms with E-state index in [-0.39, 0.29) is 24.3 Å². The molecule has 1 fully saturated rings. The van der Waals surface area contributed by atoms with E-state index in [4.69, 9.17) is 5.11 Å². The Morgan fingerprint density at radius 3 is 2.17 bits per heavy atom. The summed E-state index contributed by atoms with van der Waals surface area (Å²) in [6.45, 7) is 5.02. The van der Waals surface area contributed by atoms with Gasteiger partial charge in [0, 0.05) is 24.1 Å². The highest BCUT2D eigenvalue weighted by Gasteiger charge is 2.34. The summed E-state index contributed by atoms with van der Waals surface area (Å²) in [5.41, 5.74) is 1.75. The fourth-order valence-electron chi connectivity index (χ4n) is 3.31. The molecule has 0 unspecified atom stereocenters. The predicted molar refractivity (Wildman–Crippen MR) is 113 cm³/mol. The number of carboxylic acids is 1. The molecule has 162 valence electrons. The molecule has 1 aliphatic rings. The SMILES string of the molecule is CC(C)(C)S(=O)(=O)NC1CCC(C(=O)Nc2ccc(CCCC(=O)O)cc2)CC1. The number of sulfonamides is 1. The van der Waals surface area contributed by atoms with Gasteiger partial charge in [0.05, 0.1) is 4.75 Å². The quantitative estimate of drug-likeness (QED) is 0.593. The average Bonchev–Trinajstić information content (AvgIpc) is 2.62. The minimum absolute atomic E-state index is 0.0410. The van der Waals surface area contributed by atoms with E-state index in [1.165, 1.54) is 0 Å². The third kappa shape index (κ3) is 7.12. The minimum atomic E-state index is -3.38. The molecule has 1 aromatic carbocycles. The molecule has 7 nitrogen and oxygen atoms in total. The van der Waals surface area contributed by atoms with Crippen LogP contribution in [0.1, 0.15) is 64.9 Å². The molecule has 0 radical (unpaired) electrons. The molecule has 29 heavy (non-hydrogen) atoms. The zero-order chi connectivity index (χ0) is 21.7. The van der Waals surface area contributed by atoms with Gasteiger partial charge in [-0.15, -0.1) is 0 Å². The van der Waals surface area contributed by atoms with Crippen LogP contribution in [-0.2, 0) is 26.0 Å². The van der Waals surface area contributed by atoms with E-state index >= 15 is 0 Å². The maximum absolute atomic E-state index is 12.5. The highest BCUT2D eigenvalue weighted by atomic mass is 32.2. The summed E-state index contributed by atoms with van der Waals surface area (Å²) < 4.78 is 26.5. The molecule has 0 heterocycles. The Morgan fingerprint density at radius 2 is 1.66 bits per heavy atom. The van der Waals surface area contributed by atoms with Gasteiger partial charge in [0.25, 0.3) is 0 Å². The van der Waals surface area contributed by atoms with E-state index in [1.807, 2.05) is 24.3 Å². The van der Waals surface area contributed by atoms with Crippen LogP contribution in [0.15, 0.2) is 24.3 Å². The topological polar surface area (TPSA) is 113 Å². The van der Waals surface area contributed by atoms with Gasteiger partial charge in [0.2, 0.25) is 15.9 Å². The molecule has 1 aromatic rings. The summed E-state index contributed by atoms with van der Waals surface area (Å²) in [5.74, 6) is -0.962. The van der Waals surface area contributed by atoms with Gasteiger partial charge >= 0.3 is 5.97 Å². The van der Waals surface area contributed by atoms with Crippen LogP contribution in [0.25, 0.3) is 0 Å². The lowest BCUT2D eigenvalue weighted by atomic mass is 9.86. The first kappa shape index (κ1) is 23.3. The van der Waals surface area contributed by atoms with Crippen molar-refractivity contribution in [3.8, 4) is 0 Å². The van der Waals surface area contributed by atoms with E-state index in [2.05, 4.69) is 10.0 Å². The van der Waals surface area contributed by atoms with E-state index < -0.39 is 20.7 Å². The second-order valence-corrected chi connectivity index (χ2v) is 11.2. The Bertz CT molecular complexity index is 804. The number of hydrogen-bond acceptors (Lipinski definition) is 4. The second kappa shape index (κ2) is 9.71. The van der Waals surface area contributed by atoms with Gasteiger partial charge in [0.15, 0.2) is 0 Å². The predicted octanol–water partition coefficient (Wildman–Crippen LogP) is 3.31. The van der Waals surface area contributed by atoms with Crippen molar-refractivity contribution in [2.75, 3.05) is 5.32 Å². The van der Waals surface area contributed by atoms with Gasteiger partial charge in [0.1, 0.15) is 0 Å². The number of benzene rings is 1. The van der Waals surface area contributed by atoms with Gasteiger partial charge in [-0.25, -0.2) is 13.1 Å². The van der Waals surface area contributed by atoms with Crippen LogP contribution < -0.4 is 10.0 Å². The Kier molecular flexibility index (Phi) is 7.82. The van der Waals surface area contributed by atoms with Crippen molar-refractivity contribution >= 4 is 27.6 Å². The first-order chi connectivity index (χ1) is 13.5. The Balaban J connectivity index is 1.80. The number of hydrogen-bond donors (Lipinski definition) is 3. The zero-order valence-electron chi connectivity index (χ0n) is 17.4. The van der Waals surface area contributed by atoms with Crippen LogP contribution in [0, 0.1) is 5.92 Å².